The zero-order valence-corrected chi connectivity index (χ0v) is 20.6. The number of methoxy groups -OCH3 is 2. The number of hydrogen-bond acceptors (Lipinski definition) is 8. The summed E-state index contributed by atoms with van der Waals surface area (Å²) >= 11 is 13.0. The van der Waals surface area contributed by atoms with Gasteiger partial charge in [-0.2, -0.15) is 0 Å². The zero-order valence-electron chi connectivity index (χ0n) is 19.1. The number of nitro groups is 1. The molecular weight excluding hydrogens is 497 g/mol. The van der Waals surface area contributed by atoms with Crippen molar-refractivity contribution in [3.8, 4) is 22.8 Å². The second-order valence-electron chi connectivity index (χ2n) is 7.61. The van der Waals surface area contributed by atoms with Crippen LogP contribution in [-0.4, -0.2) is 38.7 Å². The number of aryl methyl sites for hydroxylation is 2. The molecule has 0 unspecified atom stereocenters. The third kappa shape index (κ3) is 4.26. The number of ether oxygens (including phenoxy) is 2. The van der Waals surface area contributed by atoms with Crippen molar-refractivity contribution in [2.24, 2.45) is 7.05 Å². The Morgan fingerprint density at radius 3 is 2.37 bits per heavy atom. The highest BCUT2D eigenvalue weighted by Gasteiger charge is 2.24. The van der Waals surface area contributed by atoms with E-state index in [0.29, 0.717) is 16.9 Å². The molecule has 180 valence electrons. The van der Waals surface area contributed by atoms with Crippen LogP contribution in [0.4, 0.5) is 5.69 Å². The zero-order chi connectivity index (χ0) is 25.4. The highest BCUT2D eigenvalue weighted by atomic mass is 35.5. The van der Waals surface area contributed by atoms with E-state index < -0.39 is 10.5 Å². The van der Waals surface area contributed by atoms with Crippen LogP contribution in [0.1, 0.15) is 17.0 Å². The van der Waals surface area contributed by atoms with E-state index in [1.165, 1.54) is 44.2 Å². The molecule has 0 amide bonds. The molecule has 12 heteroatoms. The first-order chi connectivity index (χ1) is 16.7. The molecular formula is C23H19Cl2N5O5. The van der Waals surface area contributed by atoms with Gasteiger partial charge < -0.3 is 9.47 Å². The lowest BCUT2D eigenvalue weighted by Gasteiger charge is -2.15. The highest BCUT2D eigenvalue weighted by Crippen LogP contribution is 2.44. The van der Waals surface area contributed by atoms with E-state index in [0.717, 1.165) is 5.56 Å². The molecule has 2 aromatic heterocycles. The van der Waals surface area contributed by atoms with Crippen LogP contribution in [0.3, 0.4) is 0 Å². The van der Waals surface area contributed by atoms with Gasteiger partial charge in [0.15, 0.2) is 5.65 Å². The minimum absolute atomic E-state index is 0.0210. The molecule has 0 saturated carbocycles. The third-order valence-corrected chi connectivity index (χ3v) is 6.34. The summed E-state index contributed by atoms with van der Waals surface area (Å²) in [6.45, 7) is 1.78. The number of hydrogen-bond donors (Lipinski definition) is 0. The number of benzene rings is 2. The van der Waals surface area contributed by atoms with Crippen molar-refractivity contribution >= 4 is 40.1 Å². The molecule has 0 fully saturated rings. The topological polar surface area (TPSA) is 122 Å². The lowest BCUT2D eigenvalue weighted by Crippen LogP contribution is -2.22. The lowest BCUT2D eigenvalue weighted by molar-refractivity contribution is -0.385. The SMILES string of the molecule is COc1cc(OC)c(Cl)c(-c2nc3cnc(Cc4c(C)cccc4[N+](=O)[O-])nc3n(C)c2=O)c1Cl. The largest absolute Gasteiger partial charge is 0.495 e. The standard InChI is InChI=1S/C23H19Cl2N5O5/c1-11-6-5-7-14(30(32)33)12(11)8-17-26-10-13-22(28-17)29(2)23(31)21(27-13)18-19(24)15(34-3)9-16(35-4)20(18)25/h5-7,9-10H,8H2,1-4H3. The molecule has 4 aromatic rings. The van der Waals surface area contributed by atoms with Crippen LogP contribution in [0.25, 0.3) is 22.4 Å². The predicted molar refractivity (Wildman–Crippen MR) is 132 cm³/mol. The molecule has 0 N–H and O–H groups in total. The first kappa shape index (κ1) is 24.4. The van der Waals surface area contributed by atoms with Gasteiger partial charge in [-0.1, -0.05) is 35.3 Å². The van der Waals surface area contributed by atoms with Gasteiger partial charge in [0.2, 0.25) is 0 Å². The summed E-state index contributed by atoms with van der Waals surface area (Å²) in [7, 11) is 4.39. The fourth-order valence-corrected chi connectivity index (χ4v) is 4.42. The summed E-state index contributed by atoms with van der Waals surface area (Å²) in [4.78, 5) is 37.6. The highest BCUT2D eigenvalue weighted by molar-refractivity contribution is 6.41. The number of aromatic nitrogens is 4. The number of nitrogens with zero attached hydrogens (tertiary/aromatic N) is 5. The number of nitro benzene ring substituents is 1. The van der Waals surface area contributed by atoms with Crippen LogP contribution >= 0.6 is 23.2 Å². The van der Waals surface area contributed by atoms with Crippen molar-refractivity contribution in [1.82, 2.24) is 19.5 Å². The molecule has 0 saturated heterocycles. The van der Waals surface area contributed by atoms with Crippen LogP contribution in [-0.2, 0) is 13.5 Å². The van der Waals surface area contributed by atoms with E-state index in [2.05, 4.69) is 15.0 Å². The summed E-state index contributed by atoms with van der Waals surface area (Å²) in [5.74, 6) is 0.829. The van der Waals surface area contributed by atoms with E-state index in [4.69, 9.17) is 32.7 Å². The Bertz CT molecular complexity index is 1530. The lowest BCUT2D eigenvalue weighted by atomic mass is 10.0. The van der Waals surface area contributed by atoms with Gasteiger partial charge in [0.05, 0.1) is 40.9 Å². The Labute approximate surface area is 209 Å². The van der Waals surface area contributed by atoms with Gasteiger partial charge in [0, 0.05) is 31.2 Å². The molecule has 4 rings (SSSR count). The van der Waals surface area contributed by atoms with E-state index in [9.17, 15) is 14.9 Å². The second kappa shape index (κ2) is 9.47. The molecule has 0 aliphatic heterocycles. The molecule has 0 bridgehead atoms. The van der Waals surface area contributed by atoms with Gasteiger partial charge in [-0.05, 0) is 12.5 Å². The summed E-state index contributed by atoms with van der Waals surface area (Å²) in [5, 5.41) is 11.7. The summed E-state index contributed by atoms with van der Waals surface area (Å²) in [5.41, 5.74) is 1.39. The molecule has 2 aromatic carbocycles. The van der Waals surface area contributed by atoms with E-state index in [-0.39, 0.29) is 50.6 Å². The van der Waals surface area contributed by atoms with Gasteiger partial charge >= 0.3 is 0 Å². The smallest absolute Gasteiger partial charge is 0.278 e. The molecule has 0 aliphatic carbocycles. The average Bonchev–Trinajstić information content (AvgIpc) is 2.83. The van der Waals surface area contributed by atoms with Crippen molar-refractivity contribution in [2.45, 2.75) is 13.3 Å². The van der Waals surface area contributed by atoms with Gasteiger partial charge in [-0.25, -0.2) is 15.0 Å². The quantitative estimate of drug-likeness (QED) is 0.271. The Hall–Kier alpha value is -3.76. The van der Waals surface area contributed by atoms with E-state index in [1.807, 2.05) is 0 Å². The maximum atomic E-state index is 13.3. The molecule has 10 nitrogen and oxygen atoms in total. The number of halogens is 2. The minimum Gasteiger partial charge on any atom is -0.495 e. The molecule has 0 aliphatic rings. The fourth-order valence-electron chi connectivity index (χ4n) is 3.74. The van der Waals surface area contributed by atoms with Crippen LogP contribution in [0, 0.1) is 17.0 Å². The normalized spacial score (nSPS) is 11.0. The van der Waals surface area contributed by atoms with Gasteiger partial charge in [-0.3, -0.25) is 19.5 Å². The maximum Gasteiger partial charge on any atom is 0.278 e. The summed E-state index contributed by atoms with van der Waals surface area (Å²) in [6.07, 6.45) is 1.56. The van der Waals surface area contributed by atoms with Crippen LogP contribution in [0.15, 0.2) is 35.3 Å². The van der Waals surface area contributed by atoms with Gasteiger partial charge in [0.25, 0.3) is 11.2 Å². The predicted octanol–water partition coefficient (Wildman–Crippen LogP) is 4.52. The van der Waals surface area contributed by atoms with Crippen molar-refractivity contribution in [2.75, 3.05) is 14.2 Å². The van der Waals surface area contributed by atoms with Crippen LogP contribution < -0.4 is 15.0 Å². The van der Waals surface area contributed by atoms with Crippen molar-refractivity contribution in [3.63, 3.8) is 0 Å². The maximum absolute atomic E-state index is 13.3. The van der Waals surface area contributed by atoms with E-state index >= 15 is 0 Å². The average molecular weight is 516 g/mol. The number of fused-ring (bicyclic) bond motifs is 1. The molecule has 0 atom stereocenters. The molecule has 2 heterocycles. The van der Waals surface area contributed by atoms with Gasteiger partial charge in [-0.15, -0.1) is 0 Å². The Balaban J connectivity index is 1.88. The van der Waals surface area contributed by atoms with Gasteiger partial charge in [0.1, 0.15) is 28.5 Å². The third-order valence-electron chi connectivity index (χ3n) is 5.58. The molecule has 0 spiro atoms. The minimum atomic E-state index is -0.511. The Morgan fingerprint density at radius 1 is 1.11 bits per heavy atom. The monoisotopic (exact) mass is 515 g/mol. The fraction of sp³-hybridized carbons (Fsp3) is 0.217. The van der Waals surface area contributed by atoms with Crippen molar-refractivity contribution in [3.05, 3.63) is 77.9 Å². The van der Waals surface area contributed by atoms with Crippen molar-refractivity contribution in [1.29, 1.82) is 0 Å². The Morgan fingerprint density at radius 2 is 1.77 bits per heavy atom. The number of rotatable bonds is 6. The van der Waals surface area contributed by atoms with E-state index in [1.54, 1.807) is 19.1 Å². The van der Waals surface area contributed by atoms with Crippen molar-refractivity contribution < 1.29 is 14.4 Å². The summed E-state index contributed by atoms with van der Waals surface area (Å²) in [6, 6.07) is 6.35. The van der Waals surface area contributed by atoms with Crippen LogP contribution in [0.2, 0.25) is 10.0 Å². The molecule has 0 radical (unpaired) electrons. The second-order valence-corrected chi connectivity index (χ2v) is 8.37. The molecule has 35 heavy (non-hydrogen) atoms. The first-order valence-corrected chi connectivity index (χ1v) is 11.0. The van der Waals surface area contributed by atoms with Crippen LogP contribution in [0.5, 0.6) is 11.5 Å². The first-order valence-electron chi connectivity index (χ1n) is 10.2. The summed E-state index contributed by atoms with van der Waals surface area (Å²) < 4.78 is 11.9. The Kier molecular flexibility index (Phi) is 6.60.